The molecule has 0 saturated heterocycles. The third-order valence-corrected chi connectivity index (χ3v) is 3.95. The number of benzene rings is 2. The number of hydrogen-bond donors (Lipinski definition) is 2. The van der Waals surface area contributed by atoms with E-state index in [-0.39, 0.29) is 5.56 Å². The molecule has 2 aromatic carbocycles. The van der Waals surface area contributed by atoms with Crippen molar-refractivity contribution in [3.05, 3.63) is 53.8 Å². The zero-order valence-corrected chi connectivity index (χ0v) is 14.6. The van der Waals surface area contributed by atoms with Gasteiger partial charge in [-0.15, -0.1) is 0 Å². The van der Waals surface area contributed by atoms with E-state index in [0.717, 1.165) is 17.8 Å². The van der Waals surface area contributed by atoms with Gasteiger partial charge in [0.15, 0.2) is 6.61 Å². The maximum atomic E-state index is 13.1. The molecule has 2 amide bonds. The lowest BCUT2D eigenvalue weighted by molar-refractivity contribution is -0.146. The quantitative estimate of drug-likeness (QED) is 0.623. The molecule has 27 heavy (non-hydrogen) atoms. The fraction of sp³-hybridized carbons (Fsp3) is 0.118. The summed E-state index contributed by atoms with van der Waals surface area (Å²) in [6, 6.07) is 10.2. The van der Waals surface area contributed by atoms with Gasteiger partial charge in [-0.25, -0.2) is 4.39 Å². The van der Waals surface area contributed by atoms with Crippen LogP contribution in [-0.2, 0) is 14.3 Å². The van der Waals surface area contributed by atoms with E-state index in [1.54, 1.807) is 18.2 Å². The van der Waals surface area contributed by atoms with Gasteiger partial charge in [0.25, 0.3) is 11.8 Å². The number of amides is 2. The minimum atomic E-state index is -0.802. The number of carbonyl (C=O) groups is 3. The molecule has 138 valence electrons. The van der Waals surface area contributed by atoms with Crippen LogP contribution in [0.3, 0.4) is 0 Å². The lowest BCUT2D eigenvalue weighted by Gasteiger charge is -2.08. The van der Waals surface area contributed by atoms with Crippen LogP contribution in [0.5, 0.6) is 0 Å². The standard InChI is InChI=1S/C17H13FN4O4S/c18-11-4-1-3-10(7-11)17(25)19-8-15(24)26-9-14(23)20-12-5-2-6-13-16(12)22-27-21-13/h1-7H,8-9H2,(H,19,25)(H,20,23). The van der Waals surface area contributed by atoms with Crippen LogP contribution < -0.4 is 10.6 Å². The molecule has 3 rings (SSSR count). The van der Waals surface area contributed by atoms with Gasteiger partial charge >= 0.3 is 5.97 Å². The Morgan fingerprint density at radius 3 is 2.74 bits per heavy atom. The molecule has 0 aliphatic heterocycles. The molecule has 0 atom stereocenters. The Kier molecular flexibility index (Phi) is 5.67. The molecule has 0 aliphatic carbocycles. The molecule has 0 spiro atoms. The van der Waals surface area contributed by atoms with Crippen molar-refractivity contribution >= 4 is 46.2 Å². The highest BCUT2D eigenvalue weighted by molar-refractivity contribution is 7.00. The Labute approximate surface area is 156 Å². The molecule has 2 N–H and O–H groups in total. The third kappa shape index (κ3) is 4.82. The maximum absolute atomic E-state index is 13.1. The second-order valence-corrected chi connectivity index (χ2v) is 5.87. The summed E-state index contributed by atoms with van der Waals surface area (Å²) >= 11 is 1.02. The Bertz CT molecular complexity index is 1010. The fourth-order valence-corrected chi connectivity index (χ4v) is 2.72. The minimum absolute atomic E-state index is 0.0745. The SMILES string of the molecule is O=C(COC(=O)CNC(=O)c1cccc(F)c1)Nc1cccc2nsnc12. The lowest BCUT2D eigenvalue weighted by Crippen LogP contribution is -2.32. The van der Waals surface area contributed by atoms with Crippen molar-refractivity contribution in [1.29, 1.82) is 0 Å². The van der Waals surface area contributed by atoms with E-state index in [1.807, 2.05) is 0 Å². The number of aromatic nitrogens is 2. The molecule has 0 radical (unpaired) electrons. The van der Waals surface area contributed by atoms with E-state index < -0.39 is 36.8 Å². The molecule has 0 aliphatic rings. The highest BCUT2D eigenvalue weighted by atomic mass is 32.1. The zero-order valence-electron chi connectivity index (χ0n) is 13.8. The maximum Gasteiger partial charge on any atom is 0.325 e. The Morgan fingerprint density at radius 1 is 1.11 bits per heavy atom. The molecule has 0 unspecified atom stereocenters. The first kappa shape index (κ1) is 18.4. The second kappa shape index (κ2) is 8.32. The summed E-state index contributed by atoms with van der Waals surface area (Å²) in [6.07, 6.45) is 0. The molecule has 0 fully saturated rings. The zero-order chi connectivity index (χ0) is 19.2. The van der Waals surface area contributed by atoms with Gasteiger partial charge in [0.2, 0.25) is 0 Å². The van der Waals surface area contributed by atoms with Gasteiger partial charge in [-0.2, -0.15) is 8.75 Å². The Hall–Kier alpha value is -3.40. The summed E-state index contributed by atoms with van der Waals surface area (Å²) in [5.41, 5.74) is 1.73. The highest BCUT2D eigenvalue weighted by Crippen LogP contribution is 2.20. The molecular weight excluding hydrogens is 375 g/mol. The van der Waals surface area contributed by atoms with Crippen LogP contribution in [0.1, 0.15) is 10.4 Å². The van der Waals surface area contributed by atoms with Gasteiger partial charge < -0.3 is 15.4 Å². The third-order valence-electron chi connectivity index (χ3n) is 3.40. The van der Waals surface area contributed by atoms with E-state index >= 15 is 0 Å². The predicted octanol–water partition coefficient (Wildman–Crippen LogP) is 1.74. The number of nitrogens with zero attached hydrogens (tertiary/aromatic N) is 2. The number of hydrogen-bond acceptors (Lipinski definition) is 7. The molecule has 8 nitrogen and oxygen atoms in total. The first-order valence-corrected chi connectivity index (χ1v) is 8.46. The van der Waals surface area contributed by atoms with E-state index in [1.165, 1.54) is 18.2 Å². The van der Waals surface area contributed by atoms with Crippen LogP contribution in [0.25, 0.3) is 11.0 Å². The van der Waals surface area contributed by atoms with Crippen LogP contribution >= 0.6 is 11.7 Å². The monoisotopic (exact) mass is 388 g/mol. The average Bonchev–Trinajstić information content (AvgIpc) is 3.14. The minimum Gasteiger partial charge on any atom is -0.454 e. The van der Waals surface area contributed by atoms with Gasteiger partial charge in [-0.05, 0) is 30.3 Å². The van der Waals surface area contributed by atoms with Gasteiger partial charge in [0, 0.05) is 5.56 Å². The molecule has 1 aromatic heterocycles. The Balaban J connectivity index is 1.45. The summed E-state index contributed by atoms with van der Waals surface area (Å²) in [5.74, 6) is -2.55. The number of rotatable bonds is 6. The van der Waals surface area contributed by atoms with Gasteiger partial charge in [-0.3, -0.25) is 14.4 Å². The van der Waals surface area contributed by atoms with Gasteiger partial charge in [-0.1, -0.05) is 12.1 Å². The summed E-state index contributed by atoms with van der Waals surface area (Å²) in [5, 5.41) is 4.87. The van der Waals surface area contributed by atoms with Crippen molar-refractivity contribution in [3.8, 4) is 0 Å². The molecule has 0 bridgehead atoms. The molecule has 0 saturated carbocycles. The molecule has 3 aromatic rings. The smallest absolute Gasteiger partial charge is 0.325 e. The van der Waals surface area contributed by atoms with Crippen molar-refractivity contribution < 1.29 is 23.5 Å². The van der Waals surface area contributed by atoms with E-state index in [4.69, 9.17) is 4.74 Å². The van der Waals surface area contributed by atoms with Crippen molar-refractivity contribution in [2.45, 2.75) is 0 Å². The van der Waals surface area contributed by atoms with Crippen molar-refractivity contribution in [2.75, 3.05) is 18.5 Å². The predicted molar refractivity (Wildman–Crippen MR) is 95.7 cm³/mol. The summed E-state index contributed by atoms with van der Waals surface area (Å²) < 4.78 is 26.0. The topological polar surface area (TPSA) is 110 Å². The fourth-order valence-electron chi connectivity index (χ4n) is 2.17. The number of esters is 1. The van der Waals surface area contributed by atoms with Crippen molar-refractivity contribution in [1.82, 2.24) is 14.1 Å². The number of nitrogens with one attached hydrogen (secondary N) is 2. The largest absolute Gasteiger partial charge is 0.454 e. The average molecular weight is 388 g/mol. The Morgan fingerprint density at radius 2 is 1.93 bits per heavy atom. The molecular formula is C17H13FN4O4S. The van der Waals surface area contributed by atoms with Gasteiger partial charge in [0.1, 0.15) is 23.4 Å². The summed E-state index contributed by atoms with van der Waals surface area (Å²) in [6.45, 7) is -0.975. The van der Waals surface area contributed by atoms with Gasteiger partial charge in [0.05, 0.1) is 17.4 Å². The van der Waals surface area contributed by atoms with E-state index in [0.29, 0.717) is 16.7 Å². The lowest BCUT2D eigenvalue weighted by atomic mass is 10.2. The van der Waals surface area contributed by atoms with Crippen LogP contribution in [0.4, 0.5) is 10.1 Å². The van der Waals surface area contributed by atoms with Crippen LogP contribution in [0.2, 0.25) is 0 Å². The van der Waals surface area contributed by atoms with E-state index in [2.05, 4.69) is 19.4 Å². The van der Waals surface area contributed by atoms with E-state index in [9.17, 15) is 18.8 Å². The van der Waals surface area contributed by atoms with Crippen LogP contribution in [-0.4, -0.2) is 39.7 Å². The van der Waals surface area contributed by atoms with Crippen LogP contribution in [0, 0.1) is 5.82 Å². The molecule has 10 heteroatoms. The number of ether oxygens (including phenoxy) is 1. The number of fused-ring (bicyclic) bond motifs is 1. The summed E-state index contributed by atoms with van der Waals surface area (Å²) in [7, 11) is 0. The van der Waals surface area contributed by atoms with Crippen molar-refractivity contribution in [3.63, 3.8) is 0 Å². The highest BCUT2D eigenvalue weighted by Gasteiger charge is 2.13. The normalized spacial score (nSPS) is 10.4. The summed E-state index contributed by atoms with van der Waals surface area (Å²) in [4.78, 5) is 35.4. The number of anilines is 1. The number of carbonyl (C=O) groups excluding carboxylic acids is 3. The van der Waals surface area contributed by atoms with Crippen molar-refractivity contribution in [2.24, 2.45) is 0 Å². The van der Waals surface area contributed by atoms with Crippen LogP contribution in [0.15, 0.2) is 42.5 Å². The number of halogens is 1. The first-order chi connectivity index (χ1) is 13.0. The second-order valence-electron chi connectivity index (χ2n) is 5.34. The molecule has 1 heterocycles. The first-order valence-electron chi connectivity index (χ1n) is 7.73.